The van der Waals surface area contributed by atoms with Crippen molar-refractivity contribution >= 4 is 11.6 Å². The SMILES string of the molecule is COc1ccc(-n2ccn3c(CCC(=O)NCCCOC(C)C)nnc3c2=O)cc1. The van der Waals surface area contributed by atoms with Gasteiger partial charge >= 0.3 is 5.56 Å². The van der Waals surface area contributed by atoms with Crippen LogP contribution in [0.3, 0.4) is 0 Å². The molecule has 2 heterocycles. The summed E-state index contributed by atoms with van der Waals surface area (Å²) in [5.74, 6) is 1.22. The molecule has 9 heteroatoms. The van der Waals surface area contributed by atoms with Crippen LogP contribution in [0.2, 0.25) is 0 Å². The summed E-state index contributed by atoms with van der Waals surface area (Å²) in [6, 6.07) is 7.17. The lowest BCUT2D eigenvalue weighted by Gasteiger charge is -2.08. The average Bonchev–Trinajstić information content (AvgIpc) is 3.16. The lowest BCUT2D eigenvalue weighted by Crippen LogP contribution is -2.26. The Morgan fingerprint density at radius 1 is 1.17 bits per heavy atom. The van der Waals surface area contributed by atoms with Gasteiger partial charge in [0.25, 0.3) is 0 Å². The van der Waals surface area contributed by atoms with Crippen LogP contribution in [0, 0.1) is 0 Å². The maximum Gasteiger partial charge on any atom is 0.300 e. The molecule has 0 saturated heterocycles. The van der Waals surface area contributed by atoms with Crippen LogP contribution in [0.4, 0.5) is 0 Å². The summed E-state index contributed by atoms with van der Waals surface area (Å²) in [6.07, 6.45) is 5.02. The highest BCUT2D eigenvalue weighted by Crippen LogP contribution is 2.14. The molecule has 0 spiro atoms. The Labute approximate surface area is 174 Å². The molecule has 0 saturated carbocycles. The maximum absolute atomic E-state index is 12.8. The largest absolute Gasteiger partial charge is 0.497 e. The first-order chi connectivity index (χ1) is 14.5. The number of carbonyl (C=O) groups excluding carboxylic acids is 1. The third-order valence-electron chi connectivity index (χ3n) is 4.56. The Morgan fingerprint density at radius 3 is 2.63 bits per heavy atom. The van der Waals surface area contributed by atoms with Gasteiger partial charge in [0.05, 0.1) is 13.2 Å². The van der Waals surface area contributed by atoms with Gasteiger partial charge in [0.1, 0.15) is 11.6 Å². The van der Waals surface area contributed by atoms with Crippen LogP contribution < -0.4 is 15.6 Å². The van der Waals surface area contributed by atoms with E-state index in [2.05, 4.69) is 15.5 Å². The first kappa shape index (κ1) is 21.5. The molecule has 0 radical (unpaired) electrons. The van der Waals surface area contributed by atoms with Crippen molar-refractivity contribution in [2.24, 2.45) is 0 Å². The number of hydrogen-bond donors (Lipinski definition) is 1. The van der Waals surface area contributed by atoms with Gasteiger partial charge in [0, 0.05) is 44.1 Å². The number of ether oxygens (including phenoxy) is 2. The highest BCUT2D eigenvalue weighted by atomic mass is 16.5. The standard InChI is InChI=1S/C21H27N5O4/c1-15(2)30-14-4-11-22-19(27)10-9-18-23-24-20-21(28)25(12-13-26(18)20)16-5-7-17(29-3)8-6-16/h5-8,12-13,15H,4,9-11,14H2,1-3H3,(H,22,27). The van der Waals surface area contributed by atoms with Gasteiger partial charge in [-0.3, -0.25) is 18.6 Å². The fourth-order valence-electron chi connectivity index (χ4n) is 2.98. The molecule has 0 unspecified atom stereocenters. The van der Waals surface area contributed by atoms with Crippen LogP contribution in [0.1, 0.15) is 32.5 Å². The van der Waals surface area contributed by atoms with Crippen molar-refractivity contribution in [3.8, 4) is 11.4 Å². The van der Waals surface area contributed by atoms with Crippen molar-refractivity contribution in [2.45, 2.75) is 39.2 Å². The number of rotatable bonds is 10. The van der Waals surface area contributed by atoms with Gasteiger partial charge in [-0.2, -0.15) is 0 Å². The Bertz CT molecular complexity index is 1040. The van der Waals surface area contributed by atoms with Gasteiger partial charge in [-0.05, 0) is 44.5 Å². The lowest BCUT2D eigenvalue weighted by molar-refractivity contribution is -0.121. The van der Waals surface area contributed by atoms with Crippen LogP contribution >= 0.6 is 0 Å². The van der Waals surface area contributed by atoms with E-state index >= 15 is 0 Å². The molecular formula is C21H27N5O4. The smallest absolute Gasteiger partial charge is 0.300 e. The molecular weight excluding hydrogens is 386 g/mol. The van der Waals surface area contributed by atoms with Crippen molar-refractivity contribution in [3.05, 3.63) is 52.8 Å². The summed E-state index contributed by atoms with van der Waals surface area (Å²) >= 11 is 0. The molecule has 0 bridgehead atoms. The molecule has 0 aliphatic heterocycles. The third-order valence-corrected chi connectivity index (χ3v) is 4.56. The van der Waals surface area contributed by atoms with Gasteiger partial charge < -0.3 is 14.8 Å². The van der Waals surface area contributed by atoms with Gasteiger partial charge in [-0.15, -0.1) is 10.2 Å². The predicted molar refractivity (Wildman–Crippen MR) is 112 cm³/mol. The summed E-state index contributed by atoms with van der Waals surface area (Å²) in [6.45, 7) is 5.15. The zero-order valence-corrected chi connectivity index (χ0v) is 17.5. The molecule has 2 aromatic heterocycles. The highest BCUT2D eigenvalue weighted by molar-refractivity contribution is 5.76. The van der Waals surface area contributed by atoms with E-state index in [9.17, 15) is 9.59 Å². The molecule has 1 N–H and O–H groups in total. The van der Waals surface area contributed by atoms with E-state index < -0.39 is 0 Å². The second kappa shape index (κ2) is 10.0. The maximum atomic E-state index is 12.8. The molecule has 1 aromatic carbocycles. The van der Waals surface area contributed by atoms with Crippen molar-refractivity contribution in [1.82, 2.24) is 24.5 Å². The Morgan fingerprint density at radius 2 is 1.93 bits per heavy atom. The summed E-state index contributed by atoms with van der Waals surface area (Å²) in [5, 5.41) is 11.0. The lowest BCUT2D eigenvalue weighted by atomic mass is 10.2. The molecule has 0 fully saturated rings. The van der Waals surface area contributed by atoms with Crippen LogP contribution in [-0.2, 0) is 16.0 Å². The van der Waals surface area contributed by atoms with E-state index in [1.54, 1.807) is 48.2 Å². The number of aryl methyl sites for hydroxylation is 1. The minimum atomic E-state index is -0.281. The highest BCUT2D eigenvalue weighted by Gasteiger charge is 2.13. The third kappa shape index (κ3) is 5.24. The molecule has 1 amide bonds. The molecule has 0 atom stereocenters. The van der Waals surface area contributed by atoms with Gasteiger partial charge in [-0.1, -0.05) is 0 Å². The van der Waals surface area contributed by atoms with E-state index in [0.29, 0.717) is 36.8 Å². The quantitative estimate of drug-likeness (QED) is 0.509. The fourth-order valence-corrected chi connectivity index (χ4v) is 2.98. The number of methoxy groups -OCH3 is 1. The zero-order chi connectivity index (χ0) is 21.5. The Balaban J connectivity index is 1.62. The summed E-state index contributed by atoms with van der Waals surface area (Å²) in [7, 11) is 1.59. The normalized spacial score (nSPS) is 11.2. The van der Waals surface area contributed by atoms with E-state index in [1.165, 1.54) is 4.57 Å². The first-order valence-electron chi connectivity index (χ1n) is 9.97. The molecule has 0 aliphatic carbocycles. The predicted octanol–water partition coefficient (Wildman–Crippen LogP) is 1.75. The number of carbonyl (C=O) groups is 1. The summed E-state index contributed by atoms with van der Waals surface area (Å²) < 4.78 is 13.7. The van der Waals surface area contributed by atoms with Crippen LogP contribution in [0.25, 0.3) is 11.3 Å². The van der Waals surface area contributed by atoms with E-state index in [4.69, 9.17) is 9.47 Å². The van der Waals surface area contributed by atoms with Crippen molar-refractivity contribution in [3.63, 3.8) is 0 Å². The number of benzene rings is 1. The first-order valence-corrected chi connectivity index (χ1v) is 9.97. The number of nitrogens with one attached hydrogen (secondary N) is 1. The minimum Gasteiger partial charge on any atom is -0.497 e. The molecule has 3 aromatic rings. The van der Waals surface area contributed by atoms with Crippen LogP contribution in [0.5, 0.6) is 5.75 Å². The molecule has 30 heavy (non-hydrogen) atoms. The fraction of sp³-hybridized carbons (Fsp3) is 0.429. The van der Waals surface area contributed by atoms with Crippen molar-refractivity contribution < 1.29 is 14.3 Å². The van der Waals surface area contributed by atoms with Gasteiger partial charge in [-0.25, -0.2) is 0 Å². The molecule has 160 valence electrons. The van der Waals surface area contributed by atoms with E-state index in [0.717, 1.165) is 6.42 Å². The summed E-state index contributed by atoms with van der Waals surface area (Å²) in [5.41, 5.74) is 0.638. The zero-order valence-electron chi connectivity index (χ0n) is 17.5. The average molecular weight is 413 g/mol. The van der Waals surface area contributed by atoms with E-state index in [-0.39, 0.29) is 29.6 Å². The molecule has 0 aliphatic rings. The number of nitrogens with zero attached hydrogens (tertiary/aromatic N) is 4. The second-order valence-corrected chi connectivity index (χ2v) is 7.10. The number of amides is 1. The summed E-state index contributed by atoms with van der Waals surface area (Å²) in [4.78, 5) is 24.8. The minimum absolute atomic E-state index is 0.0668. The van der Waals surface area contributed by atoms with Crippen LogP contribution in [-0.4, -0.2) is 51.4 Å². The molecule has 3 rings (SSSR count). The number of aromatic nitrogens is 4. The van der Waals surface area contributed by atoms with Crippen molar-refractivity contribution in [2.75, 3.05) is 20.3 Å². The topological polar surface area (TPSA) is 99.8 Å². The van der Waals surface area contributed by atoms with Gasteiger partial charge in [0.15, 0.2) is 0 Å². The van der Waals surface area contributed by atoms with Crippen LogP contribution in [0.15, 0.2) is 41.5 Å². The van der Waals surface area contributed by atoms with E-state index in [1.807, 2.05) is 13.8 Å². The monoisotopic (exact) mass is 413 g/mol. The Hall–Kier alpha value is -3.20. The van der Waals surface area contributed by atoms with Crippen molar-refractivity contribution in [1.29, 1.82) is 0 Å². The number of hydrogen-bond acceptors (Lipinski definition) is 6. The Kier molecular flexibility index (Phi) is 7.18. The number of fused-ring (bicyclic) bond motifs is 1. The molecule has 9 nitrogen and oxygen atoms in total. The second-order valence-electron chi connectivity index (χ2n) is 7.10. The van der Waals surface area contributed by atoms with Gasteiger partial charge in [0.2, 0.25) is 11.6 Å².